The summed E-state index contributed by atoms with van der Waals surface area (Å²) < 4.78 is 0. The number of fused-ring (bicyclic) bond motifs is 1. The SMILES string of the molecule is CCc1ccsc1C(=O)N1c2ccccc2C[C@H]1C(=O)O. The average Bonchev–Trinajstić information content (AvgIpc) is 3.10. The summed E-state index contributed by atoms with van der Waals surface area (Å²) in [5, 5.41) is 11.3. The van der Waals surface area contributed by atoms with Gasteiger partial charge in [0, 0.05) is 12.1 Å². The molecule has 108 valence electrons. The van der Waals surface area contributed by atoms with Crippen molar-refractivity contribution in [1.82, 2.24) is 0 Å². The number of carbonyl (C=O) groups is 2. The number of hydrogen-bond acceptors (Lipinski definition) is 3. The molecule has 0 radical (unpaired) electrons. The monoisotopic (exact) mass is 301 g/mol. The van der Waals surface area contributed by atoms with Crippen LogP contribution in [0.15, 0.2) is 35.7 Å². The van der Waals surface area contributed by atoms with E-state index in [2.05, 4.69) is 0 Å². The van der Waals surface area contributed by atoms with Crippen molar-refractivity contribution < 1.29 is 14.7 Å². The molecule has 1 N–H and O–H groups in total. The zero-order chi connectivity index (χ0) is 15.0. The van der Waals surface area contributed by atoms with Crippen LogP contribution in [0.25, 0.3) is 0 Å². The second kappa shape index (κ2) is 5.33. The van der Waals surface area contributed by atoms with Gasteiger partial charge in [-0.25, -0.2) is 4.79 Å². The highest BCUT2D eigenvalue weighted by Gasteiger charge is 2.39. The number of carbonyl (C=O) groups excluding carboxylic acids is 1. The van der Waals surface area contributed by atoms with E-state index in [-0.39, 0.29) is 5.91 Å². The lowest BCUT2D eigenvalue weighted by molar-refractivity contribution is -0.138. The fourth-order valence-corrected chi connectivity index (χ4v) is 3.68. The Labute approximate surface area is 126 Å². The third-order valence-electron chi connectivity index (χ3n) is 3.80. The van der Waals surface area contributed by atoms with E-state index in [0.29, 0.717) is 17.0 Å². The van der Waals surface area contributed by atoms with Crippen LogP contribution in [0, 0.1) is 0 Å². The molecule has 1 amide bonds. The molecular formula is C16H15NO3S. The van der Waals surface area contributed by atoms with Crippen LogP contribution in [0.1, 0.15) is 27.7 Å². The molecule has 0 bridgehead atoms. The molecule has 1 aliphatic rings. The molecule has 0 unspecified atom stereocenters. The van der Waals surface area contributed by atoms with Crippen LogP contribution in [0.2, 0.25) is 0 Å². The summed E-state index contributed by atoms with van der Waals surface area (Å²) in [6.45, 7) is 1.99. The van der Waals surface area contributed by atoms with Crippen molar-refractivity contribution in [2.45, 2.75) is 25.8 Å². The standard InChI is InChI=1S/C16H15NO3S/c1-2-10-7-8-21-14(10)15(18)17-12-6-4-3-5-11(12)9-13(17)16(19)20/h3-8,13H,2,9H2,1H3,(H,19,20)/t13-/m0/s1. The van der Waals surface area contributed by atoms with E-state index in [1.165, 1.54) is 16.2 Å². The summed E-state index contributed by atoms with van der Waals surface area (Å²) in [7, 11) is 0. The fourth-order valence-electron chi connectivity index (χ4n) is 2.75. The second-order valence-electron chi connectivity index (χ2n) is 4.99. The lowest BCUT2D eigenvalue weighted by atomic mass is 10.1. The van der Waals surface area contributed by atoms with Gasteiger partial charge in [-0.15, -0.1) is 11.3 Å². The summed E-state index contributed by atoms with van der Waals surface area (Å²) in [5.74, 6) is -1.17. The second-order valence-corrected chi connectivity index (χ2v) is 5.91. The van der Waals surface area contributed by atoms with Crippen molar-refractivity contribution in [1.29, 1.82) is 0 Å². The van der Waals surface area contributed by atoms with Crippen molar-refractivity contribution in [3.63, 3.8) is 0 Å². The molecule has 4 nitrogen and oxygen atoms in total. The third kappa shape index (κ3) is 2.23. The Morgan fingerprint density at radius 2 is 2.10 bits per heavy atom. The largest absolute Gasteiger partial charge is 0.480 e. The Bertz CT molecular complexity index is 707. The first kappa shape index (κ1) is 13.8. The fraction of sp³-hybridized carbons (Fsp3) is 0.250. The highest BCUT2D eigenvalue weighted by molar-refractivity contribution is 7.12. The molecule has 2 aromatic rings. The number of hydrogen-bond donors (Lipinski definition) is 1. The van der Waals surface area contributed by atoms with Gasteiger partial charge in [-0.3, -0.25) is 9.69 Å². The van der Waals surface area contributed by atoms with E-state index in [1.807, 2.05) is 42.6 Å². The van der Waals surface area contributed by atoms with Gasteiger partial charge in [-0.2, -0.15) is 0 Å². The summed E-state index contributed by atoms with van der Waals surface area (Å²) in [6, 6.07) is 8.51. The van der Waals surface area contributed by atoms with Gasteiger partial charge in [0.1, 0.15) is 6.04 Å². The quantitative estimate of drug-likeness (QED) is 0.948. The smallest absolute Gasteiger partial charge is 0.327 e. The topological polar surface area (TPSA) is 57.6 Å². The Balaban J connectivity index is 2.06. The molecule has 1 aromatic heterocycles. The number of aryl methyl sites for hydroxylation is 1. The normalized spacial score (nSPS) is 16.8. The summed E-state index contributed by atoms with van der Waals surface area (Å²) in [4.78, 5) is 26.4. The number of aliphatic carboxylic acids is 1. The van der Waals surface area contributed by atoms with E-state index < -0.39 is 12.0 Å². The zero-order valence-corrected chi connectivity index (χ0v) is 12.4. The van der Waals surface area contributed by atoms with Gasteiger partial charge >= 0.3 is 5.97 Å². The van der Waals surface area contributed by atoms with Crippen LogP contribution in [-0.2, 0) is 17.6 Å². The first-order valence-electron chi connectivity index (χ1n) is 6.84. The predicted molar refractivity (Wildman–Crippen MR) is 82.1 cm³/mol. The van der Waals surface area contributed by atoms with Gasteiger partial charge in [-0.05, 0) is 35.1 Å². The Morgan fingerprint density at radius 3 is 2.81 bits per heavy atom. The minimum absolute atomic E-state index is 0.209. The Morgan fingerprint density at radius 1 is 1.33 bits per heavy atom. The lowest BCUT2D eigenvalue weighted by Gasteiger charge is -2.22. The van der Waals surface area contributed by atoms with E-state index in [1.54, 1.807) is 0 Å². The molecule has 21 heavy (non-hydrogen) atoms. The van der Waals surface area contributed by atoms with Crippen molar-refractivity contribution >= 4 is 28.9 Å². The number of rotatable bonds is 3. The molecular weight excluding hydrogens is 286 g/mol. The molecule has 3 rings (SSSR count). The van der Waals surface area contributed by atoms with Crippen LogP contribution in [0.4, 0.5) is 5.69 Å². The van der Waals surface area contributed by atoms with E-state index in [9.17, 15) is 14.7 Å². The van der Waals surface area contributed by atoms with Crippen molar-refractivity contribution in [3.05, 3.63) is 51.7 Å². The number of para-hydroxylation sites is 1. The van der Waals surface area contributed by atoms with Crippen LogP contribution < -0.4 is 4.90 Å². The molecule has 1 aromatic carbocycles. The van der Waals surface area contributed by atoms with Crippen LogP contribution in [0.3, 0.4) is 0 Å². The van der Waals surface area contributed by atoms with Crippen LogP contribution in [0.5, 0.6) is 0 Å². The molecule has 1 aliphatic heterocycles. The molecule has 2 heterocycles. The van der Waals surface area contributed by atoms with E-state index >= 15 is 0 Å². The molecule has 1 atom stereocenters. The number of nitrogens with zero attached hydrogens (tertiary/aromatic N) is 1. The number of benzene rings is 1. The van der Waals surface area contributed by atoms with Gasteiger partial charge in [-0.1, -0.05) is 25.1 Å². The number of carboxylic acids is 1. The van der Waals surface area contributed by atoms with Gasteiger partial charge in [0.2, 0.25) is 0 Å². The first-order chi connectivity index (χ1) is 10.1. The molecule has 0 fully saturated rings. The highest BCUT2D eigenvalue weighted by atomic mass is 32.1. The van der Waals surface area contributed by atoms with Crippen molar-refractivity contribution in [2.24, 2.45) is 0 Å². The Kier molecular flexibility index (Phi) is 3.51. The molecule has 0 saturated heterocycles. The molecule has 0 aliphatic carbocycles. The maximum atomic E-state index is 12.8. The molecule has 0 saturated carbocycles. The minimum Gasteiger partial charge on any atom is -0.480 e. The highest BCUT2D eigenvalue weighted by Crippen LogP contribution is 2.34. The predicted octanol–water partition coefficient (Wildman–Crippen LogP) is 2.97. The van der Waals surface area contributed by atoms with E-state index in [4.69, 9.17) is 0 Å². The molecule has 5 heteroatoms. The van der Waals surface area contributed by atoms with Gasteiger partial charge < -0.3 is 5.11 Å². The maximum absolute atomic E-state index is 12.8. The van der Waals surface area contributed by atoms with Gasteiger partial charge in [0.05, 0.1) is 4.88 Å². The van der Waals surface area contributed by atoms with Crippen molar-refractivity contribution in [3.8, 4) is 0 Å². The summed E-state index contributed by atoms with van der Waals surface area (Å²) in [5.41, 5.74) is 2.59. The number of thiophene rings is 1. The van der Waals surface area contributed by atoms with E-state index in [0.717, 1.165) is 17.5 Å². The Hall–Kier alpha value is -2.14. The number of carboxylic acid groups (broad SMARTS) is 1. The third-order valence-corrected chi connectivity index (χ3v) is 4.75. The molecule has 0 spiro atoms. The maximum Gasteiger partial charge on any atom is 0.327 e. The summed E-state index contributed by atoms with van der Waals surface area (Å²) >= 11 is 1.37. The zero-order valence-electron chi connectivity index (χ0n) is 11.6. The number of anilines is 1. The van der Waals surface area contributed by atoms with Gasteiger partial charge in [0.15, 0.2) is 0 Å². The lowest BCUT2D eigenvalue weighted by Crippen LogP contribution is -2.42. The summed E-state index contributed by atoms with van der Waals surface area (Å²) in [6.07, 6.45) is 1.13. The van der Waals surface area contributed by atoms with Crippen LogP contribution >= 0.6 is 11.3 Å². The first-order valence-corrected chi connectivity index (χ1v) is 7.72. The minimum atomic E-state index is -0.964. The van der Waals surface area contributed by atoms with Crippen LogP contribution in [-0.4, -0.2) is 23.0 Å². The average molecular weight is 301 g/mol. The van der Waals surface area contributed by atoms with Crippen molar-refractivity contribution in [2.75, 3.05) is 4.90 Å². The number of amides is 1. The van der Waals surface area contributed by atoms with Gasteiger partial charge in [0.25, 0.3) is 5.91 Å².